The summed E-state index contributed by atoms with van der Waals surface area (Å²) in [4.78, 5) is 4.42. The first-order valence-electron chi connectivity index (χ1n) is 8.36. The van der Waals surface area contributed by atoms with Crippen molar-refractivity contribution < 1.29 is 9.47 Å². The van der Waals surface area contributed by atoms with Crippen LogP contribution in [0.2, 0.25) is 0 Å². The molecule has 2 aromatic carbocycles. The molecule has 0 bridgehead atoms. The van der Waals surface area contributed by atoms with Crippen LogP contribution in [-0.2, 0) is 12.0 Å². The maximum absolute atomic E-state index is 6.04. The lowest BCUT2D eigenvalue weighted by molar-refractivity contribution is 0.354. The van der Waals surface area contributed by atoms with Gasteiger partial charge in [0, 0.05) is 16.4 Å². The zero-order valence-electron chi connectivity index (χ0n) is 15.7. The molecule has 0 amide bonds. The summed E-state index contributed by atoms with van der Waals surface area (Å²) in [5.41, 5.74) is 8.19. The maximum Gasteiger partial charge on any atom is 0.188 e. The van der Waals surface area contributed by atoms with Gasteiger partial charge in [-0.3, -0.25) is 0 Å². The van der Waals surface area contributed by atoms with E-state index in [0.29, 0.717) is 30.5 Å². The van der Waals surface area contributed by atoms with E-state index in [1.807, 2.05) is 30.3 Å². The molecule has 0 aliphatic carbocycles. The number of hydrogen-bond donors (Lipinski definition) is 2. The molecule has 2 aromatic rings. The summed E-state index contributed by atoms with van der Waals surface area (Å²) in [6, 6.07) is 14.0. The molecule has 2 rings (SSSR count). The lowest BCUT2D eigenvalue weighted by Crippen LogP contribution is -2.40. The van der Waals surface area contributed by atoms with E-state index in [4.69, 9.17) is 15.2 Å². The van der Waals surface area contributed by atoms with E-state index in [1.54, 1.807) is 14.2 Å². The number of guanidine groups is 1. The van der Waals surface area contributed by atoms with Crippen molar-refractivity contribution in [2.75, 3.05) is 20.8 Å². The van der Waals surface area contributed by atoms with Crippen LogP contribution >= 0.6 is 15.9 Å². The Labute approximate surface area is 163 Å². The van der Waals surface area contributed by atoms with Gasteiger partial charge in [-0.2, -0.15) is 0 Å². The van der Waals surface area contributed by atoms with Crippen LogP contribution in [0.1, 0.15) is 25.0 Å². The van der Waals surface area contributed by atoms with Gasteiger partial charge < -0.3 is 20.5 Å². The number of nitrogens with two attached hydrogens (primary N) is 1. The van der Waals surface area contributed by atoms with Gasteiger partial charge in [0.15, 0.2) is 17.5 Å². The minimum absolute atomic E-state index is 0.0761. The van der Waals surface area contributed by atoms with Crippen molar-refractivity contribution in [2.24, 2.45) is 10.7 Å². The third-order valence-corrected chi connectivity index (χ3v) is 4.69. The highest BCUT2D eigenvalue weighted by Crippen LogP contribution is 2.28. The summed E-state index contributed by atoms with van der Waals surface area (Å²) < 4.78 is 11.6. The highest BCUT2D eigenvalue weighted by Gasteiger charge is 2.20. The van der Waals surface area contributed by atoms with Crippen LogP contribution < -0.4 is 20.5 Å². The molecule has 0 aliphatic rings. The lowest BCUT2D eigenvalue weighted by Gasteiger charge is -2.26. The summed E-state index contributed by atoms with van der Waals surface area (Å²) >= 11 is 3.52. The third-order valence-electron chi connectivity index (χ3n) is 4.20. The van der Waals surface area contributed by atoms with Crippen molar-refractivity contribution in [1.29, 1.82) is 0 Å². The Kier molecular flexibility index (Phi) is 6.91. The number of aliphatic imine (C=N–C) groups is 1. The molecule has 5 nitrogen and oxygen atoms in total. The molecule has 140 valence electrons. The highest BCUT2D eigenvalue weighted by atomic mass is 79.9. The van der Waals surface area contributed by atoms with E-state index in [9.17, 15) is 0 Å². The number of benzene rings is 2. The monoisotopic (exact) mass is 419 g/mol. The summed E-state index contributed by atoms with van der Waals surface area (Å²) in [7, 11) is 3.23. The summed E-state index contributed by atoms with van der Waals surface area (Å²) in [6.07, 6.45) is 0. The Morgan fingerprint density at radius 3 is 2.50 bits per heavy atom. The molecule has 0 saturated carbocycles. The molecular weight excluding hydrogens is 394 g/mol. The summed E-state index contributed by atoms with van der Waals surface area (Å²) in [6.45, 7) is 5.49. The Morgan fingerprint density at radius 1 is 1.12 bits per heavy atom. The van der Waals surface area contributed by atoms with Crippen molar-refractivity contribution in [1.82, 2.24) is 5.32 Å². The fourth-order valence-corrected chi connectivity index (χ4v) is 2.93. The van der Waals surface area contributed by atoms with Crippen LogP contribution in [0.3, 0.4) is 0 Å². The van der Waals surface area contributed by atoms with Crippen LogP contribution in [0.5, 0.6) is 11.5 Å². The van der Waals surface area contributed by atoms with Crippen LogP contribution in [0, 0.1) is 0 Å². The van der Waals surface area contributed by atoms with Gasteiger partial charge in [-0.05, 0) is 35.4 Å². The Bertz CT molecular complexity index is 775. The molecule has 0 radical (unpaired) electrons. The standard InChI is InChI=1S/C20H26BrN3O2/c1-20(2,15-6-5-7-16(21)11-15)13-24-19(22)23-12-14-8-9-17(25-3)18(10-14)26-4/h5-11H,12-13H2,1-4H3,(H3,22,23,24). The van der Waals surface area contributed by atoms with E-state index >= 15 is 0 Å². The van der Waals surface area contributed by atoms with Crippen molar-refractivity contribution in [2.45, 2.75) is 25.8 Å². The number of nitrogens with one attached hydrogen (secondary N) is 1. The first-order chi connectivity index (χ1) is 12.4. The smallest absolute Gasteiger partial charge is 0.188 e. The molecule has 3 N–H and O–H groups in total. The summed E-state index contributed by atoms with van der Waals surface area (Å²) in [5, 5.41) is 3.22. The molecule has 0 aromatic heterocycles. The lowest BCUT2D eigenvalue weighted by atomic mass is 9.85. The second-order valence-corrected chi connectivity index (χ2v) is 7.55. The number of rotatable bonds is 7. The minimum atomic E-state index is -0.0761. The minimum Gasteiger partial charge on any atom is -0.493 e. The maximum atomic E-state index is 6.04. The number of hydrogen-bond acceptors (Lipinski definition) is 3. The fraction of sp³-hybridized carbons (Fsp3) is 0.350. The zero-order valence-corrected chi connectivity index (χ0v) is 17.3. The predicted molar refractivity (Wildman–Crippen MR) is 110 cm³/mol. The third kappa shape index (κ3) is 5.39. The normalized spacial score (nSPS) is 12.0. The fourth-order valence-electron chi connectivity index (χ4n) is 2.53. The average molecular weight is 420 g/mol. The molecule has 6 heteroatoms. The van der Waals surface area contributed by atoms with Gasteiger partial charge in [-0.1, -0.05) is 48.0 Å². The molecular formula is C20H26BrN3O2. The second-order valence-electron chi connectivity index (χ2n) is 6.64. The van der Waals surface area contributed by atoms with Crippen molar-refractivity contribution >= 4 is 21.9 Å². The molecule has 0 aliphatic heterocycles. The molecule has 0 atom stereocenters. The molecule has 0 fully saturated rings. The van der Waals surface area contributed by atoms with Crippen molar-refractivity contribution in [3.63, 3.8) is 0 Å². The van der Waals surface area contributed by atoms with Gasteiger partial charge in [-0.25, -0.2) is 4.99 Å². The quantitative estimate of drug-likeness (QED) is 0.528. The largest absolute Gasteiger partial charge is 0.493 e. The van der Waals surface area contributed by atoms with Gasteiger partial charge in [0.25, 0.3) is 0 Å². The number of nitrogens with zero attached hydrogens (tertiary/aromatic N) is 1. The van der Waals surface area contributed by atoms with Crippen LogP contribution in [-0.4, -0.2) is 26.7 Å². The first-order valence-corrected chi connectivity index (χ1v) is 9.16. The summed E-state index contributed by atoms with van der Waals surface area (Å²) in [5.74, 6) is 1.80. The Morgan fingerprint density at radius 2 is 1.85 bits per heavy atom. The molecule has 0 heterocycles. The molecule has 0 saturated heterocycles. The first kappa shape index (κ1) is 20.1. The molecule has 0 unspecified atom stereocenters. The number of ether oxygens (including phenoxy) is 2. The van der Waals surface area contributed by atoms with E-state index in [0.717, 1.165) is 10.0 Å². The van der Waals surface area contributed by atoms with Gasteiger partial charge in [0.1, 0.15) is 0 Å². The molecule has 0 spiro atoms. The van der Waals surface area contributed by atoms with Gasteiger partial charge in [0.05, 0.1) is 20.8 Å². The predicted octanol–water partition coefficient (Wildman–Crippen LogP) is 3.85. The average Bonchev–Trinajstić information content (AvgIpc) is 2.64. The van der Waals surface area contributed by atoms with Gasteiger partial charge in [0.2, 0.25) is 0 Å². The van der Waals surface area contributed by atoms with Gasteiger partial charge in [-0.15, -0.1) is 0 Å². The Balaban J connectivity index is 1.98. The number of halogens is 1. The van der Waals surface area contributed by atoms with E-state index in [2.05, 4.69) is 52.2 Å². The number of methoxy groups -OCH3 is 2. The van der Waals surface area contributed by atoms with Crippen LogP contribution in [0.4, 0.5) is 0 Å². The van der Waals surface area contributed by atoms with E-state index < -0.39 is 0 Å². The zero-order chi connectivity index (χ0) is 19.2. The molecule has 26 heavy (non-hydrogen) atoms. The Hall–Kier alpha value is -2.21. The topological polar surface area (TPSA) is 68.9 Å². The van der Waals surface area contributed by atoms with Crippen molar-refractivity contribution in [3.05, 3.63) is 58.1 Å². The van der Waals surface area contributed by atoms with Crippen LogP contribution in [0.15, 0.2) is 51.9 Å². The second kappa shape index (κ2) is 8.94. The SMILES string of the molecule is COc1ccc(CN=C(N)NCC(C)(C)c2cccc(Br)c2)cc1OC. The van der Waals surface area contributed by atoms with Crippen molar-refractivity contribution in [3.8, 4) is 11.5 Å². The van der Waals surface area contributed by atoms with Crippen LogP contribution in [0.25, 0.3) is 0 Å². The highest BCUT2D eigenvalue weighted by molar-refractivity contribution is 9.10. The van der Waals surface area contributed by atoms with Gasteiger partial charge >= 0.3 is 0 Å². The van der Waals surface area contributed by atoms with E-state index in [1.165, 1.54) is 5.56 Å². The van der Waals surface area contributed by atoms with E-state index in [-0.39, 0.29) is 5.41 Å².